The van der Waals surface area contributed by atoms with Crippen LogP contribution < -0.4 is 25.8 Å². The van der Waals surface area contributed by atoms with Gasteiger partial charge in [-0.2, -0.15) is 0 Å². The Hall–Kier alpha value is -4.40. The van der Waals surface area contributed by atoms with Gasteiger partial charge in [-0.3, -0.25) is 14.4 Å². The smallest absolute Gasteiger partial charge is 0.262 e. The van der Waals surface area contributed by atoms with Crippen LogP contribution in [0.25, 0.3) is 0 Å². The lowest BCUT2D eigenvalue weighted by Crippen LogP contribution is -2.22. The molecule has 0 unspecified atom stereocenters. The predicted molar refractivity (Wildman–Crippen MR) is 116 cm³/mol. The number of amides is 3. The van der Waals surface area contributed by atoms with Crippen molar-refractivity contribution >= 4 is 29.1 Å². The molecule has 0 aliphatic rings. The summed E-state index contributed by atoms with van der Waals surface area (Å²) in [6, 6.07) is 18.6. The van der Waals surface area contributed by atoms with Gasteiger partial charge in [0.2, 0.25) is 0 Å². The lowest BCUT2D eigenvalue weighted by atomic mass is 10.2. The molecule has 0 spiro atoms. The molecule has 4 N–H and O–H groups in total. The largest absolute Gasteiger partial charge is 0.484 e. The van der Waals surface area contributed by atoms with E-state index in [2.05, 4.69) is 10.6 Å². The number of anilines is 2. The Morgan fingerprint density at radius 1 is 0.844 bits per heavy atom. The highest BCUT2D eigenvalue weighted by Crippen LogP contribution is 2.22. The molecule has 3 aromatic carbocycles. The number of para-hydroxylation sites is 2. The third-order valence-corrected chi connectivity index (χ3v) is 4.11. The Bertz CT molecular complexity index is 1140. The minimum atomic E-state index is -0.621. The molecule has 3 aromatic rings. The topological polar surface area (TPSA) is 120 Å². The van der Waals surface area contributed by atoms with Crippen LogP contribution in [-0.2, 0) is 9.59 Å². The lowest BCUT2D eigenvalue weighted by molar-refractivity contribution is -0.120. The Kier molecular flexibility index (Phi) is 7.37. The Morgan fingerprint density at radius 3 is 2.38 bits per heavy atom. The van der Waals surface area contributed by atoms with Crippen LogP contribution in [0.3, 0.4) is 0 Å². The third-order valence-electron chi connectivity index (χ3n) is 4.11. The minimum absolute atomic E-state index is 0.0329. The van der Waals surface area contributed by atoms with E-state index in [4.69, 9.17) is 15.2 Å². The highest BCUT2D eigenvalue weighted by molar-refractivity contribution is 6.06. The second-order valence-corrected chi connectivity index (χ2v) is 6.55. The molecule has 0 saturated carbocycles. The highest BCUT2D eigenvalue weighted by Gasteiger charge is 2.15. The molecule has 0 heterocycles. The zero-order valence-corrected chi connectivity index (χ0v) is 16.8. The van der Waals surface area contributed by atoms with Crippen molar-refractivity contribution in [1.82, 2.24) is 0 Å². The monoisotopic (exact) mass is 437 g/mol. The third kappa shape index (κ3) is 6.30. The summed E-state index contributed by atoms with van der Waals surface area (Å²) in [5.41, 5.74) is 5.70. The highest BCUT2D eigenvalue weighted by atomic mass is 19.1. The quantitative estimate of drug-likeness (QED) is 0.475. The van der Waals surface area contributed by atoms with Crippen molar-refractivity contribution in [3.8, 4) is 11.5 Å². The number of carbonyl (C=O) groups excluding carboxylic acids is 3. The van der Waals surface area contributed by atoms with Crippen LogP contribution in [0, 0.1) is 5.82 Å². The van der Waals surface area contributed by atoms with E-state index in [9.17, 15) is 18.8 Å². The van der Waals surface area contributed by atoms with Crippen molar-refractivity contribution < 1.29 is 28.2 Å². The number of hydrogen-bond donors (Lipinski definition) is 3. The minimum Gasteiger partial charge on any atom is -0.484 e. The normalized spacial score (nSPS) is 10.2. The fraction of sp³-hybridized carbons (Fsp3) is 0.0870. The average molecular weight is 437 g/mol. The van der Waals surface area contributed by atoms with Crippen LogP contribution in [0.1, 0.15) is 10.4 Å². The molecular weight excluding hydrogens is 417 g/mol. The van der Waals surface area contributed by atoms with E-state index in [1.54, 1.807) is 36.4 Å². The Balaban J connectivity index is 1.64. The molecule has 0 atom stereocenters. The summed E-state index contributed by atoms with van der Waals surface area (Å²) >= 11 is 0. The van der Waals surface area contributed by atoms with E-state index >= 15 is 0 Å². The number of benzene rings is 3. The first-order chi connectivity index (χ1) is 15.4. The van der Waals surface area contributed by atoms with E-state index in [-0.39, 0.29) is 23.6 Å². The molecule has 0 saturated heterocycles. The fourth-order valence-corrected chi connectivity index (χ4v) is 2.69. The Morgan fingerprint density at radius 2 is 1.59 bits per heavy atom. The van der Waals surface area contributed by atoms with Crippen LogP contribution in [0.4, 0.5) is 15.8 Å². The van der Waals surface area contributed by atoms with E-state index < -0.39 is 30.1 Å². The maximum atomic E-state index is 13.7. The second kappa shape index (κ2) is 10.6. The molecule has 0 aliphatic heterocycles. The first kappa shape index (κ1) is 22.3. The van der Waals surface area contributed by atoms with Crippen molar-refractivity contribution in [2.45, 2.75) is 0 Å². The number of hydrogen-bond acceptors (Lipinski definition) is 5. The molecule has 0 radical (unpaired) electrons. The molecule has 8 nitrogen and oxygen atoms in total. The van der Waals surface area contributed by atoms with Gasteiger partial charge in [0.25, 0.3) is 17.7 Å². The van der Waals surface area contributed by atoms with Crippen LogP contribution in [0.5, 0.6) is 11.5 Å². The van der Waals surface area contributed by atoms with E-state index in [0.29, 0.717) is 11.4 Å². The van der Waals surface area contributed by atoms with Crippen molar-refractivity contribution in [2.24, 2.45) is 5.73 Å². The zero-order valence-electron chi connectivity index (χ0n) is 16.8. The summed E-state index contributed by atoms with van der Waals surface area (Å²) < 4.78 is 24.4. The standard InChI is InChI=1S/C23H20FN3O5/c24-18-9-2-3-10-19(18)27-22(29)14-32-20-11-4-1-8-17(20)23(30)26-15-6-5-7-16(12-15)31-13-21(25)28/h1-12H,13-14H2,(H2,25,28)(H,26,30)(H,27,29). The van der Waals surface area contributed by atoms with E-state index in [1.165, 1.54) is 36.4 Å². The summed E-state index contributed by atoms with van der Waals surface area (Å²) in [5, 5.41) is 5.11. The number of ether oxygens (including phenoxy) is 2. The molecule has 3 amide bonds. The summed E-state index contributed by atoms with van der Waals surface area (Å²) in [7, 11) is 0. The maximum Gasteiger partial charge on any atom is 0.262 e. The average Bonchev–Trinajstić information content (AvgIpc) is 2.78. The summed E-state index contributed by atoms with van der Waals surface area (Å²) in [5.74, 6) is -1.72. The molecule has 0 fully saturated rings. The molecule has 164 valence electrons. The number of primary amides is 1. The van der Waals surface area contributed by atoms with Gasteiger partial charge in [0, 0.05) is 11.8 Å². The van der Waals surface area contributed by atoms with Crippen molar-refractivity contribution in [1.29, 1.82) is 0 Å². The summed E-state index contributed by atoms with van der Waals surface area (Å²) in [6.07, 6.45) is 0. The van der Waals surface area contributed by atoms with Crippen molar-refractivity contribution in [3.63, 3.8) is 0 Å². The molecule has 3 rings (SSSR count). The molecule has 9 heteroatoms. The van der Waals surface area contributed by atoms with Gasteiger partial charge in [-0.05, 0) is 36.4 Å². The first-order valence-corrected chi connectivity index (χ1v) is 9.51. The molecular formula is C23H20FN3O5. The molecule has 32 heavy (non-hydrogen) atoms. The van der Waals surface area contributed by atoms with Crippen molar-refractivity contribution in [3.05, 3.63) is 84.2 Å². The van der Waals surface area contributed by atoms with Crippen LogP contribution in [0.15, 0.2) is 72.8 Å². The van der Waals surface area contributed by atoms with Crippen LogP contribution in [-0.4, -0.2) is 30.9 Å². The van der Waals surface area contributed by atoms with Gasteiger partial charge in [0.15, 0.2) is 13.2 Å². The fourth-order valence-electron chi connectivity index (χ4n) is 2.69. The van der Waals surface area contributed by atoms with E-state index in [1.807, 2.05) is 0 Å². The van der Waals surface area contributed by atoms with Gasteiger partial charge < -0.3 is 25.8 Å². The predicted octanol–water partition coefficient (Wildman–Crippen LogP) is 2.96. The molecule has 0 aromatic heterocycles. The van der Waals surface area contributed by atoms with Gasteiger partial charge in [0.1, 0.15) is 17.3 Å². The number of nitrogens with two attached hydrogens (primary N) is 1. The van der Waals surface area contributed by atoms with Gasteiger partial charge in [0.05, 0.1) is 11.3 Å². The van der Waals surface area contributed by atoms with Gasteiger partial charge >= 0.3 is 0 Å². The van der Waals surface area contributed by atoms with Crippen LogP contribution in [0.2, 0.25) is 0 Å². The van der Waals surface area contributed by atoms with Gasteiger partial charge in [-0.15, -0.1) is 0 Å². The number of rotatable bonds is 9. The lowest BCUT2D eigenvalue weighted by Gasteiger charge is -2.13. The first-order valence-electron chi connectivity index (χ1n) is 9.51. The SMILES string of the molecule is NC(=O)COc1cccc(NC(=O)c2ccccc2OCC(=O)Nc2ccccc2F)c1. The Labute approximate surface area is 183 Å². The number of carbonyl (C=O) groups is 3. The zero-order chi connectivity index (χ0) is 22.9. The van der Waals surface area contributed by atoms with Gasteiger partial charge in [-0.25, -0.2) is 4.39 Å². The van der Waals surface area contributed by atoms with Crippen molar-refractivity contribution in [2.75, 3.05) is 23.8 Å². The molecule has 0 bridgehead atoms. The summed E-state index contributed by atoms with van der Waals surface area (Å²) in [6.45, 7) is -0.710. The van der Waals surface area contributed by atoms with Gasteiger partial charge in [-0.1, -0.05) is 30.3 Å². The maximum absolute atomic E-state index is 13.7. The van der Waals surface area contributed by atoms with E-state index in [0.717, 1.165) is 0 Å². The van der Waals surface area contributed by atoms with Crippen LogP contribution >= 0.6 is 0 Å². The molecule has 0 aliphatic carbocycles. The summed E-state index contributed by atoms with van der Waals surface area (Å²) in [4.78, 5) is 35.7. The second-order valence-electron chi connectivity index (χ2n) is 6.55. The number of halogens is 1. The number of nitrogens with one attached hydrogen (secondary N) is 2.